The number of likely N-dealkylation sites (tertiary alicyclic amines) is 1. The number of imidazole rings is 1. The molecule has 0 bridgehead atoms. The van der Waals surface area contributed by atoms with Gasteiger partial charge in [0.2, 0.25) is 5.95 Å². The Bertz CT molecular complexity index is 1800. The predicted molar refractivity (Wildman–Crippen MR) is 175 cm³/mol. The van der Waals surface area contributed by atoms with Crippen molar-refractivity contribution in [3.63, 3.8) is 0 Å². The average Bonchev–Trinajstić information content (AvgIpc) is 3.37. The molecule has 0 radical (unpaired) electrons. The van der Waals surface area contributed by atoms with Crippen LogP contribution in [0.3, 0.4) is 0 Å². The van der Waals surface area contributed by atoms with Crippen LogP contribution < -0.4 is 10.6 Å². The zero-order valence-electron chi connectivity index (χ0n) is 26.2. The molecule has 2 aliphatic rings. The number of benzene rings is 1. The number of aromatic nitrogens is 3. The number of hydrogen-bond acceptors (Lipinski definition) is 8. The number of anilines is 1. The molecule has 1 saturated carbocycles. The van der Waals surface area contributed by atoms with E-state index in [1.165, 1.54) is 24.2 Å². The van der Waals surface area contributed by atoms with Gasteiger partial charge in [0.25, 0.3) is 11.8 Å². The van der Waals surface area contributed by atoms with Crippen molar-refractivity contribution in [2.75, 3.05) is 18.4 Å². The molecule has 4 heterocycles. The summed E-state index contributed by atoms with van der Waals surface area (Å²) in [6.45, 7) is 10.5. The van der Waals surface area contributed by atoms with Crippen LogP contribution in [0.15, 0.2) is 52.6 Å². The van der Waals surface area contributed by atoms with Crippen LogP contribution in [-0.4, -0.2) is 50.4 Å². The molecule has 45 heavy (non-hydrogen) atoms. The summed E-state index contributed by atoms with van der Waals surface area (Å²) < 4.78 is 7.64. The average molecular weight is 626 g/mol. The molecule has 1 aliphatic carbocycles. The number of thiophene rings is 1. The van der Waals surface area contributed by atoms with Crippen LogP contribution >= 0.6 is 11.3 Å². The van der Waals surface area contributed by atoms with Gasteiger partial charge in [-0.3, -0.25) is 14.9 Å². The summed E-state index contributed by atoms with van der Waals surface area (Å²) in [5, 5.41) is 16.4. The quantitative estimate of drug-likeness (QED) is 0.156. The number of oxazole rings is 1. The van der Waals surface area contributed by atoms with Crippen LogP contribution in [0.2, 0.25) is 0 Å². The minimum Gasteiger partial charge on any atom is -0.440 e. The number of amides is 2. The molecule has 1 saturated heterocycles. The lowest BCUT2D eigenvalue weighted by molar-refractivity contribution is -0.127. The molecule has 1 aliphatic heterocycles. The van der Waals surface area contributed by atoms with E-state index in [-0.39, 0.29) is 28.8 Å². The maximum absolute atomic E-state index is 13.5. The van der Waals surface area contributed by atoms with Crippen LogP contribution in [0.1, 0.15) is 67.6 Å². The third-order valence-corrected chi connectivity index (χ3v) is 9.25. The highest BCUT2D eigenvalue weighted by atomic mass is 32.1. The number of hydrogen-bond donors (Lipinski definition) is 2. The first-order valence-electron chi connectivity index (χ1n) is 15.6. The zero-order valence-corrected chi connectivity index (χ0v) is 27.0. The highest BCUT2D eigenvalue weighted by Gasteiger charge is 2.33. The molecule has 3 aromatic heterocycles. The summed E-state index contributed by atoms with van der Waals surface area (Å²) in [5.74, 6) is 1.88. The SMILES string of the molecule is Cc1ncc(-c2ccc(C(=O)Nc3nc4cc(CNCC5CC5)ccc4n3C[C@H]3CCCN3C(=O)C(C#N)=CC(C)(C)C)s2)o1. The highest BCUT2D eigenvalue weighted by molar-refractivity contribution is 7.17. The molecule has 1 atom stereocenters. The smallest absolute Gasteiger partial charge is 0.268 e. The van der Waals surface area contributed by atoms with Gasteiger partial charge in [-0.05, 0) is 73.4 Å². The lowest BCUT2D eigenvalue weighted by atomic mass is 9.93. The second kappa shape index (κ2) is 12.6. The van der Waals surface area contributed by atoms with Crippen molar-refractivity contribution in [2.45, 2.75) is 72.5 Å². The van der Waals surface area contributed by atoms with Crippen molar-refractivity contribution in [2.24, 2.45) is 11.3 Å². The van der Waals surface area contributed by atoms with Crippen LogP contribution in [0, 0.1) is 29.6 Å². The minimum atomic E-state index is -0.299. The van der Waals surface area contributed by atoms with E-state index in [1.807, 2.05) is 37.5 Å². The third-order valence-electron chi connectivity index (χ3n) is 8.15. The number of carbonyl (C=O) groups is 2. The Morgan fingerprint density at radius 3 is 2.73 bits per heavy atom. The fourth-order valence-electron chi connectivity index (χ4n) is 5.77. The van der Waals surface area contributed by atoms with Crippen molar-refractivity contribution >= 4 is 40.1 Å². The van der Waals surface area contributed by atoms with Crippen molar-refractivity contribution in [3.8, 4) is 16.7 Å². The van der Waals surface area contributed by atoms with E-state index in [0.717, 1.165) is 53.3 Å². The number of allylic oxidation sites excluding steroid dienone is 1. The van der Waals surface area contributed by atoms with E-state index in [4.69, 9.17) is 9.40 Å². The number of nitrogens with zero attached hydrogens (tertiary/aromatic N) is 5. The molecule has 4 aromatic rings. The van der Waals surface area contributed by atoms with Crippen molar-refractivity contribution in [1.82, 2.24) is 24.8 Å². The Balaban J connectivity index is 1.28. The summed E-state index contributed by atoms with van der Waals surface area (Å²) in [7, 11) is 0. The Hall–Kier alpha value is -4.27. The maximum atomic E-state index is 13.5. The van der Waals surface area contributed by atoms with Crippen LogP contribution in [0.5, 0.6) is 0 Å². The maximum Gasteiger partial charge on any atom is 0.268 e. The Morgan fingerprint density at radius 1 is 1.20 bits per heavy atom. The van der Waals surface area contributed by atoms with Gasteiger partial charge in [-0.2, -0.15) is 5.26 Å². The molecule has 1 aromatic carbocycles. The topological polar surface area (TPSA) is 129 Å². The normalized spacial score (nSPS) is 17.2. The summed E-state index contributed by atoms with van der Waals surface area (Å²) >= 11 is 1.32. The van der Waals surface area contributed by atoms with Crippen LogP contribution in [0.4, 0.5) is 5.95 Å². The first-order chi connectivity index (χ1) is 21.6. The molecule has 234 valence electrons. The number of nitriles is 1. The summed E-state index contributed by atoms with van der Waals surface area (Å²) in [6.07, 6.45) is 7.63. The Labute approximate surface area is 267 Å². The molecule has 2 fully saturated rings. The first-order valence-corrected chi connectivity index (χ1v) is 16.4. The van der Waals surface area contributed by atoms with Crippen molar-refractivity contribution in [1.29, 1.82) is 5.26 Å². The van der Waals surface area contributed by atoms with E-state index in [1.54, 1.807) is 30.2 Å². The van der Waals surface area contributed by atoms with Crippen LogP contribution in [-0.2, 0) is 17.9 Å². The molecule has 2 amide bonds. The Kier molecular flexibility index (Phi) is 8.62. The minimum absolute atomic E-state index is 0.148. The van der Waals surface area contributed by atoms with Crippen molar-refractivity contribution < 1.29 is 14.0 Å². The van der Waals surface area contributed by atoms with E-state index in [2.05, 4.69) is 33.8 Å². The number of rotatable bonds is 10. The summed E-state index contributed by atoms with van der Waals surface area (Å²) in [4.78, 5) is 39.3. The molecule has 0 unspecified atom stereocenters. The number of nitrogens with one attached hydrogen (secondary N) is 2. The molecular weight excluding hydrogens is 586 g/mol. The lowest BCUT2D eigenvalue weighted by Crippen LogP contribution is -2.39. The molecule has 0 spiro atoms. The second-order valence-corrected chi connectivity index (χ2v) is 14.2. The number of aryl methyl sites for hydroxylation is 1. The van der Waals surface area contributed by atoms with Gasteiger partial charge in [0, 0.05) is 26.6 Å². The van der Waals surface area contributed by atoms with E-state index in [9.17, 15) is 14.9 Å². The van der Waals surface area contributed by atoms with Crippen molar-refractivity contribution in [3.05, 3.63) is 64.5 Å². The molecule has 2 N–H and O–H groups in total. The van der Waals surface area contributed by atoms with Gasteiger partial charge in [0.1, 0.15) is 11.6 Å². The fourth-order valence-corrected chi connectivity index (χ4v) is 6.62. The largest absolute Gasteiger partial charge is 0.440 e. The van der Waals surface area contributed by atoms with E-state index >= 15 is 0 Å². The summed E-state index contributed by atoms with van der Waals surface area (Å²) in [6, 6.07) is 11.8. The van der Waals surface area contributed by atoms with E-state index < -0.39 is 0 Å². The zero-order chi connectivity index (χ0) is 31.7. The summed E-state index contributed by atoms with van der Waals surface area (Å²) in [5.41, 5.74) is 2.65. The first kappa shape index (κ1) is 30.7. The van der Waals surface area contributed by atoms with Gasteiger partial charge in [0.05, 0.1) is 33.0 Å². The molecule has 6 rings (SSSR count). The third kappa shape index (κ3) is 7.18. The molecular formula is C34H39N7O3S. The van der Waals surface area contributed by atoms with Crippen LogP contribution in [0.25, 0.3) is 21.7 Å². The van der Waals surface area contributed by atoms with Gasteiger partial charge in [0.15, 0.2) is 11.7 Å². The standard InChI is InChI=1S/C34H39N7O3S/c1-21-37-19-28(44-21)29-11-12-30(45-29)31(42)39-33-38-26-14-23(18-36-17-22-7-8-22)9-10-27(26)41(33)20-25-6-5-13-40(25)32(43)24(16-35)15-34(2,3)4/h9-12,14-15,19,22,25,36H,5-8,13,17-18,20H2,1-4H3,(H,38,39,42)/t25-/m1/s1. The lowest BCUT2D eigenvalue weighted by Gasteiger charge is -2.26. The fraction of sp³-hybridized carbons (Fsp3) is 0.441. The molecule has 10 nitrogen and oxygen atoms in total. The predicted octanol–water partition coefficient (Wildman–Crippen LogP) is 6.30. The number of carbonyl (C=O) groups excluding carboxylic acids is 2. The Morgan fingerprint density at radius 2 is 2.02 bits per heavy atom. The monoisotopic (exact) mass is 625 g/mol. The van der Waals surface area contributed by atoms with Gasteiger partial charge < -0.3 is 19.2 Å². The van der Waals surface area contributed by atoms with Gasteiger partial charge in [-0.15, -0.1) is 11.3 Å². The second-order valence-electron chi connectivity index (χ2n) is 13.1. The van der Waals surface area contributed by atoms with E-state index in [0.29, 0.717) is 35.6 Å². The number of fused-ring (bicyclic) bond motifs is 1. The molecule has 11 heteroatoms. The van der Waals surface area contributed by atoms with Gasteiger partial charge in [-0.25, -0.2) is 9.97 Å². The highest BCUT2D eigenvalue weighted by Crippen LogP contribution is 2.31. The van der Waals surface area contributed by atoms with Gasteiger partial charge >= 0.3 is 0 Å². The van der Waals surface area contributed by atoms with Gasteiger partial charge in [-0.1, -0.05) is 32.9 Å².